The molecule has 10 rings (SSSR count). The molecule has 0 aliphatic heterocycles. The molecule has 2 saturated carbocycles. The highest BCUT2D eigenvalue weighted by Gasteiger charge is 2.29. The van der Waals surface area contributed by atoms with Crippen LogP contribution in [0.25, 0.3) is 33.8 Å². The van der Waals surface area contributed by atoms with Crippen LogP contribution in [0.3, 0.4) is 0 Å². The number of fused-ring (bicyclic) bond motifs is 2. The summed E-state index contributed by atoms with van der Waals surface area (Å²) in [7, 11) is 3.15. The molecule has 5 N–H and O–H groups in total. The van der Waals surface area contributed by atoms with Crippen LogP contribution in [0, 0.1) is 25.5 Å². The summed E-state index contributed by atoms with van der Waals surface area (Å²) in [5, 5.41) is 29.8. The summed E-state index contributed by atoms with van der Waals surface area (Å²) in [5.41, 5.74) is 7.29. The number of nitrogens with zero attached hydrogens (tertiary/aromatic N) is 5. The first-order valence-electron chi connectivity index (χ1n) is 25.8. The molecular weight excluding hydrogens is 1020 g/mol. The van der Waals surface area contributed by atoms with Gasteiger partial charge in [-0.2, -0.15) is 0 Å². The lowest BCUT2D eigenvalue weighted by Gasteiger charge is -2.28. The fraction of sp³-hybridized carbons (Fsp3) is 0.305. The summed E-state index contributed by atoms with van der Waals surface area (Å²) < 4.78 is 59.3. The predicted octanol–water partition coefficient (Wildman–Crippen LogP) is 11.1. The van der Waals surface area contributed by atoms with Gasteiger partial charge in [-0.15, -0.1) is 0 Å². The zero-order valence-electron chi connectivity index (χ0n) is 44.9. The zero-order chi connectivity index (χ0) is 56.1. The Morgan fingerprint density at radius 3 is 1.65 bits per heavy atom. The summed E-state index contributed by atoms with van der Waals surface area (Å²) in [6, 6.07) is 21.9. The van der Waals surface area contributed by atoms with Crippen LogP contribution in [0.1, 0.15) is 78.3 Å². The minimum atomic E-state index is -0.772. The number of hydrogen-bond donors (Lipinski definition) is 5. The molecule has 4 aromatic heterocycles. The predicted molar refractivity (Wildman–Crippen MR) is 294 cm³/mol. The van der Waals surface area contributed by atoms with Gasteiger partial charge in [-0.05, 0) is 120 Å². The topological polar surface area (TPSA) is 212 Å². The summed E-state index contributed by atoms with van der Waals surface area (Å²) in [6.45, 7) is 10.5. The van der Waals surface area contributed by atoms with Crippen LogP contribution in [0.5, 0.6) is 34.5 Å². The Balaban J connectivity index is 0.000000195. The number of benzene rings is 4. The third kappa shape index (κ3) is 13.3. The molecule has 0 saturated heterocycles. The van der Waals surface area contributed by atoms with Gasteiger partial charge in [0.2, 0.25) is 0 Å². The van der Waals surface area contributed by atoms with E-state index in [9.17, 15) is 33.4 Å². The van der Waals surface area contributed by atoms with Crippen molar-refractivity contribution in [3.8, 4) is 57.0 Å². The number of methoxy groups -OCH3 is 2. The fourth-order valence-corrected chi connectivity index (χ4v) is 8.60. The van der Waals surface area contributed by atoms with Crippen LogP contribution in [0.15, 0.2) is 110 Å². The van der Waals surface area contributed by atoms with Crippen molar-refractivity contribution in [2.24, 2.45) is 0 Å². The van der Waals surface area contributed by atoms with Crippen molar-refractivity contribution in [2.75, 3.05) is 50.7 Å². The molecule has 8 aromatic rings. The van der Waals surface area contributed by atoms with Gasteiger partial charge in [0, 0.05) is 79.4 Å². The molecule has 3 amide bonds. The normalized spacial score (nSPS) is 13.1. The molecule has 20 heteroatoms. The van der Waals surface area contributed by atoms with E-state index < -0.39 is 23.3 Å². The van der Waals surface area contributed by atoms with Gasteiger partial charge in [0.15, 0.2) is 34.3 Å². The number of carbonyl (C=O) groups excluding carboxylic acids is 3. The summed E-state index contributed by atoms with van der Waals surface area (Å²) >= 11 is 0. The Bertz CT molecular complexity index is 3570. The van der Waals surface area contributed by atoms with Crippen LogP contribution in [0.4, 0.5) is 25.0 Å². The molecule has 2 aliphatic carbocycles. The maximum atomic E-state index is 14.0. The van der Waals surface area contributed by atoms with Crippen molar-refractivity contribution in [1.82, 2.24) is 29.4 Å². The lowest BCUT2D eigenvalue weighted by atomic mass is 10.0. The first-order chi connectivity index (χ1) is 37.9. The number of aromatic hydroxyl groups is 2. The minimum Gasteiger partial charge on any atom is -0.504 e. The fourth-order valence-electron chi connectivity index (χ4n) is 8.60. The molecule has 2 fully saturated rings. The summed E-state index contributed by atoms with van der Waals surface area (Å²) in [4.78, 5) is 49.3. The molecule has 4 aromatic carbocycles. The minimum absolute atomic E-state index is 0.000675. The number of carbonyl (C=O) groups is 3. The standard InChI is InChI=1S/C32H35FN4O6.C27H27FN4O4/c1-19-14-20(6-10-24(19)30(39)35-22-8-9-22)26-17-34-29-25(36(12-13-41-5)31(40)43-32(2,3)4)16-23(18-37(26)29)42-28-15-21(33)7-11-27(28)38;1-16-11-17(3-7-21(16)27(34)31-19-5-6-19)23-14-30-26-22(29-9-10-35-2)13-20(15-32(23)26)36-25-12-18(28)4-8-24(25)33/h6-7,10-11,14-18,22,38H,8-9,12-13H2,1-5H3,(H,35,39);3-4,7-8,11-15,19,29,33H,5-6,9-10H2,1-2H3,(H,31,34). The molecular formula is C59H62F2N8O10. The second-order valence-electron chi connectivity index (χ2n) is 20.4. The number of nitrogens with one attached hydrogen (secondary N) is 3. The second kappa shape index (κ2) is 23.5. The number of imidazole rings is 2. The number of amides is 3. The number of aromatic nitrogens is 4. The van der Waals surface area contributed by atoms with Gasteiger partial charge >= 0.3 is 6.09 Å². The zero-order valence-corrected chi connectivity index (χ0v) is 44.9. The molecule has 0 bridgehead atoms. The van der Waals surface area contributed by atoms with E-state index in [0.29, 0.717) is 58.4 Å². The third-order valence-corrected chi connectivity index (χ3v) is 12.8. The monoisotopic (exact) mass is 1080 g/mol. The summed E-state index contributed by atoms with van der Waals surface area (Å²) in [5.74, 6) is -1.24. The van der Waals surface area contributed by atoms with Gasteiger partial charge in [-0.3, -0.25) is 23.3 Å². The number of anilines is 2. The molecule has 0 atom stereocenters. The maximum Gasteiger partial charge on any atom is 0.415 e. The highest BCUT2D eigenvalue weighted by atomic mass is 19.1. The van der Waals surface area contributed by atoms with Gasteiger partial charge in [0.05, 0.1) is 67.3 Å². The Hall–Kier alpha value is -8.75. The number of phenols is 2. The highest BCUT2D eigenvalue weighted by molar-refractivity contribution is 5.98. The van der Waals surface area contributed by atoms with E-state index in [0.717, 1.165) is 77.9 Å². The number of phenolic OH excluding ortho intramolecular Hbond substituents is 2. The van der Waals surface area contributed by atoms with Crippen LogP contribution < -0.4 is 30.3 Å². The number of ether oxygens (including phenoxy) is 5. The molecule has 2 aliphatic rings. The van der Waals surface area contributed by atoms with Crippen molar-refractivity contribution in [3.05, 3.63) is 144 Å². The Morgan fingerprint density at radius 2 is 1.16 bits per heavy atom. The molecule has 0 unspecified atom stereocenters. The molecule has 0 spiro atoms. The van der Waals surface area contributed by atoms with E-state index in [1.165, 1.54) is 24.1 Å². The van der Waals surface area contributed by atoms with Gasteiger partial charge in [-0.1, -0.05) is 12.1 Å². The number of rotatable bonds is 18. The third-order valence-electron chi connectivity index (χ3n) is 12.8. The van der Waals surface area contributed by atoms with E-state index >= 15 is 0 Å². The average Bonchev–Trinajstić information content (AvgIpc) is 4.49. The van der Waals surface area contributed by atoms with E-state index in [1.807, 2.05) is 48.6 Å². The molecule has 412 valence electrons. The lowest BCUT2D eigenvalue weighted by Crippen LogP contribution is -2.39. The number of aryl methyl sites for hydroxylation is 2. The van der Waals surface area contributed by atoms with E-state index in [4.69, 9.17) is 23.7 Å². The Kier molecular flexibility index (Phi) is 16.3. The van der Waals surface area contributed by atoms with Gasteiger partial charge in [0.1, 0.15) is 28.7 Å². The van der Waals surface area contributed by atoms with E-state index in [2.05, 4.69) is 25.9 Å². The molecule has 4 heterocycles. The SMILES string of the molecule is COCCN(C(=O)OC(C)(C)C)c1cc(Oc2cc(F)ccc2O)cn2c(-c3ccc(C(=O)NC4CC4)c(C)c3)cnc12.COCCNc1cc(Oc2cc(F)ccc2O)cn2c(-c3ccc(C(=O)NC4CC4)c(C)c3)cnc12. The van der Waals surface area contributed by atoms with Crippen molar-refractivity contribution in [3.63, 3.8) is 0 Å². The van der Waals surface area contributed by atoms with Gasteiger partial charge in [-0.25, -0.2) is 23.5 Å². The van der Waals surface area contributed by atoms with Crippen LogP contribution in [-0.2, 0) is 14.2 Å². The van der Waals surface area contributed by atoms with Crippen LogP contribution in [-0.4, -0.2) is 105 Å². The van der Waals surface area contributed by atoms with Crippen molar-refractivity contribution in [2.45, 2.75) is 78.0 Å². The van der Waals surface area contributed by atoms with Crippen molar-refractivity contribution >= 4 is 40.6 Å². The maximum absolute atomic E-state index is 14.0. The first-order valence-corrected chi connectivity index (χ1v) is 25.8. The quantitative estimate of drug-likeness (QED) is 0.0507. The van der Waals surface area contributed by atoms with Gasteiger partial charge < -0.3 is 49.8 Å². The lowest BCUT2D eigenvalue weighted by molar-refractivity contribution is 0.0569. The summed E-state index contributed by atoms with van der Waals surface area (Å²) in [6.07, 6.45) is 10.2. The second-order valence-corrected chi connectivity index (χ2v) is 20.4. The van der Waals surface area contributed by atoms with Crippen molar-refractivity contribution in [1.29, 1.82) is 0 Å². The first kappa shape index (κ1) is 55.0. The number of pyridine rings is 2. The largest absolute Gasteiger partial charge is 0.504 e. The Labute approximate surface area is 454 Å². The molecule has 79 heavy (non-hydrogen) atoms. The number of halogens is 2. The smallest absolute Gasteiger partial charge is 0.415 e. The number of hydrogen-bond acceptors (Lipinski definition) is 13. The van der Waals surface area contributed by atoms with E-state index in [1.54, 1.807) is 75.3 Å². The molecule has 18 nitrogen and oxygen atoms in total. The average molecular weight is 1080 g/mol. The van der Waals surface area contributed by atoms with Crippen LogP contribution >= 0.6 is 0 Å². The van der Waals surface area contributed by atoms with E-state index in [-0.39, 0.29) is 65.8 Å². The highest BCUT2D eigenvalue weighted by Crippen LogP contribution is 2.39. The van der Waals surface area contributed by atoms with Crippen molar-refractivity contribution < 1.29 is 57.1 Å². The molecule has 0 radical (unpaired) electrons. The Morgan fingerprint density at radius 1 is 0.671 bits per heavy atom. The van der Waals surface area contributed by atoms with Crippen LogP contribution in [0.2, 0.25) is 0 Å². The van der Waals surface area contributed by atoms with Gasteiger partial charge in [0.25, 0.3) is 11.8 Å².